The van der Waals surface area contributed by atoms with Crippen LogP contribution in [-0.4, -0.2) is 30.2 Å². The molecule has 0 unspecified atom stereocenters. The number of aromatic nitrogens is 2. The molecule has 0 amide bonds. The van der Waals surface area contributed by atoms with Gasteiger partial charge in [0.25, 0.3) is 0 Å². The fourth-order valence-electron chi connectivity index (χ4n) is 1.01. The van der Waals surface area contributed by atoms with Crippen molar-refractivity contribution >= 4 is 28.4 Å². The van der Waals surface area contributed by atoms with E-state index in [1.807, 2.05) is 20.2 Å². The van der Waals surface area contributed by atoms with Crippen LogP contribution in [-0.2, 0) is 11.2 Å². The monoisotopic (exact) mass is 307 g/mol. The highest BCUT2D eigenvalue weighted by Crippen LogP contribution is 2.13. The maximum atomic E-state index is 5.24. The van der Waals surface area contributed by atoms with Crippen molar-refractivity contribution in [2.75, 3.05) is 25.6 Å². The predicted molar refractivity (Wildman–Crippen MR) is 64.5 cm³/mol. The van der Waals surface area contributed by atoms with Gasteiger partial charge in [-0.1, -0.05) is 0 Å². The van der Waals surface area contributed by atoms with E-state index in [9.17, 15) is 0 Å². The van der Waals surface area contributed by atoms with Crippen LogP contribution in [0.15, 0.2) is 6.20 Å². The van der Waals surface area contributed by atoms with Crippen LogP contribution in [0.5, 0.6) is 0 Å². The molecule has 5 heteroatoms. The van der Waals surface area contributed by atoms with E-state index in [2.05, 4.69) is 37.9 Å². The largest absolute Gasteiger partial charge is 0.381 e. The second-order valence-electron chi connectivity index (χ2n) is 2.68. The van der Waals surface area contributed by atoms with E-state index in [4.69, 9.17) is 4.74 Å². The van der Waals surface area contributed by atoms with Crippen LogP contribution in [0, 0.1) is 3.57 Å². The molecule has 0 radical (unpaired) electrons. The van der Waals surface area contributed by atoms with E-state index in [1.165, 1.54) is 0 Å². The molecule has 0 aliphatic rings. The Kier molecular flexibility index (Phi) is 5.10. The Morgan fingerprint density at radius 2 is 2.36 bits per heavy atom. The van der Waals surface area contributed by atoms with E-state index in [0.29, 0.717) is 6.61 Å². The van der Waals surface area contributed by atoms with Crippen molar-refractivity contribution < 1.29 is 4.74 Å². The van der Waals surface area contributed by atoms with Gasteiger partial charge in [0.2, 0.25) is 0 Å². The minimum absolute atomic E-state index is 0.681. The summed E-state index contributed by atoms with van der Waals surface area (Å²) < 4.78 is 6.27. The van der Waals surface area contributed by atoms with Gasteiger partial charge in [-0.05, 0) is 29.5 Å². The third-order valence-electron chi connectivity index (χ3n) is 1.70. The topological polar surface area (TPSA) is 47.0 Å². The lowest BCUT2D eigenvalue weighted by Gasteiger charge is -2.05. The molecule has 1 rings (SSSR count). The lowest BCUT2D eigenvalue weighted by atomic mass is 10.4. The summed E-state index contributed by atoms with van der Waals surface area (Å²) in [5.74, 6) is 1.70. The normalized spacial score (nSPS) is 10.2. The second kappa shape index (κ2) is 6.13. The number of ether oxygens (including phenoxy) is 1. The fourth-order valence-corrected chi connectivity index (χ4v) is 1.54. The van der Waals surface area contributed by atoms with E-state index in [0.717, 1.165) is 28.2 Å². The van der Waals surface area contributed by atoms with Gasteiger partial charge in [0, 0.05) is 26.3 Å². The zero-order valence-electron chi connectivity index (χ0n) is 8.38. The van der Waals surface area contributed by atoms with Crippen molar-refractivity contribution in [2.24, 2.45) is 0 Å². The van der Waals surface area contributed by atoms with Gasteiger partial charge in [-0.15, -0.1) is 0 Å². The molecule has 0 aromatic carbocycles. The highest BCUT2D eigenvalue weighted by atomic mass is 127. The predicted octanol–water partition coefficient (Wildman–Crippen LogP) is 1.70. The van der Waals surface area contributed by atoms with Crippen molar-refractivity contribution in [1.82, 2.24) is 9.97 Å². The Morgan fingerprint density at radius 1 is 1.57 bits per heavy atom. The molecule has 14 heavy (non-hydrogen) atoms. The molecular weight excluding hydrogens is 293 g/mol. The van der Waals surface area contributed by atoms with E-state index in [-0.39, 0.29) is 0 Å². The first-order valence-corrected chi connectivity index (χ1v) is 5.62. The molecule has 0 saturated heterocycles. The van der Waals surface area contributed by atoms with E-state index in [1.54, 1.807) is 0 Å². The van der Waals surface area contributed by atoms with Crippen molar-refractivity contribution in [2.45, 2.75) is 13.3 Å². The zero-order valence-corrected chi connectivity index (χ0v) is 10.5. The number of nitrogens with zero attached hydrogens (tertiary/aromatic N) is 2. The number of anilines is 1. The van der Waals surface area contributed by atoms with Gasteiger partial charge in [-0.3, -0.25) is 0 Å². The molecule has 0 bridgehead atoms. The van der Waals surface area contributed by atoms with Crippen LogP contribution in [0.1, 0.15) is 12.7 Å². The Hall–Kier alpha value is -0.430. The number of nitrogens with one attached hydrogen (secondary N) is 1. The highest BCUT2D eigenvalue weighted by molar-refractivity contribution is 14.1. The first kappa shape index (κ1) is 11.6. The summed E-state index contributed by atoms with van der Waals surface area (Å²) in [7, 11) is 1.86. The molecule has 0 saturated carbocycles. The smallest absolute Gasteiger partial charge is 0.142 e. The molecule has 1 aromatic heterocycles. The van der Waals surface area contributed by atoms with Crippen molar-refractivity contribution in [3.05, 3.63) is 15.6 Å². The lowest BCUT2D eigenvalue weighted by molar-refractivity contribution is 0.149. The summed E-state index contributed by atoms with van der Waals surface area (Å²) in [6.07, 6.45) is 2.58. The first-order chi connectivity index (χ1) is 6.77. The van der Waals surface area contributed by atoms with Gasteiger partial charge in [-0.25, -0.2) is 9.97 Å². The maximum Gasteiger partial charge on any atom is 0.142 e. The van der Waals surface area contributed by atoms with Gasteiger partial charge in [0.1, 0.15) is 11.6 Å². The third-order valence-corrected chi connectivity index (χ3v) is 2.49. The first-order valence-electron chi connectivity index (χ1n) is 4.54. The van der Waals surface area contributed by atoms with Gasteiger partial charge < -0.3 is 10.1 Å². The standard InChI is InChI=1S/C9H14IN3O/c1-3-14-5-4-8-12-6-7(10)9(11-2)13-8/h6H,3-5H2,1-2H3,(H,11,12,13). The van der Waals surface area contributed by atoms with E-state index < -0.39 is 0 Å². The zero-order chi connectivity index (χ0) is 10.4. The molecule has 0 atom stereocenters. The summed E-state index contributed by atoms with van der Waals surface area (Å²) in [6, 6.07) is 0. The molecule has 0 spiro atoms. The summed E-state index contributed by atoms with van der Waals surface area (Å²) in [4.78, 5) is 8.57. The minimum Gasteiger partial charge on any atom is -0.381 e. The average Bonchev–Trinajstić information content (AvgIpc) is 2.21. The van der Waals surface area contributed by atoms with Crippen molar-refractivity contribution in [1.29, 1.82) is 0 Å². The maximum absolute atomic E-state index is 5.24. The molecule has 0 aliphatic heterocycles. The molecule has 1 aromatic rings. The summed E-state index contributed by atoms with van der Waals surface area (Å²) in [5, 5.41) is 3.03. The summed E-state index contributed by atoms with van der Waals surface area (Å²) >= 11 is 2.20. The number of halogens is 1. The molecule has 78 valence electrons. The molecule has 0 fully saturated rings. The highest BCUT2D eigenvalue weighted by Gasteiger charge is 2.02. The molecule has 1 heterocycles. The molecule has 4 nitrogen and oxygen atoms in total. The van der Waals surface area contributed by atoms with E-state index >= 15 is 0 Å². The van der Waals surface area contributed by atoms with Crippen LogP contribution >= 0.6 is 22.6 Å². The van der Waals surface area contributed by atoms with Crippen molar-refractivity contribution in [3.8, 4) is 0 Å². The Bertz CT molecular complexity index is 293. The lowest BCUT2D eigenvalue weighted by Crippen LogP contribution is -2.05. The van der Waals surface area contributed by atoms with Gasteiger partial charge in [-0.2, -0.15) is 0 Å². The summed E-state index contributed by atoms with van der Waals surface area (Å²) in [5.41, 5.74) is 0. The van der Waals surface area contributed by atoms with Crippen molar-refractivity contribution in [3.63, 3.8) is 0 Å². The number of hydrogen-bond acceptors (Lipinski definition) is 4. The molecular formula is C9H14IN3O. The van der Waals surface area contributed by atoms with Crippen LogP contribution in [0.3, 0.4) is 0 Å². The third kappa shape index (κ3) is 3.38. The van der Waals surface area contributed by atoms with Gasteiger partial charge >= 0.3 is 0 Å². The van der Waals surface area contributed by atoms with Crippen LogP contribution in [0.2, 0.25) is 0 Å². The average molecular weight is 307 g/mol. The Balaban J connectivity index is 2.60. The fraction of sp³-hybridized carbons (Fsp3) is 0.556. The van der Waals surface area contributed by atoms with Gasteiger partial charge in [0.05, 0.1) is 10.2 Å². The van der Waals surface area contributed by atoms with Crippen LogP contribution in [0.25, 0.3) is 0 Å². The number of rotatable bonds is 5. The van der Waals surface area contributed by atoms with Crippen LogP contribution in [0.4, 0.5) is 5.82 Å². The second-order valence-corrected chi connectivity index (χ2v) is 3.84. The SMILES string of the molecule is CCOCCc1ncc(I)c(NC)n1. The molecule has 0 aliphatic carbocycles. The summed E-state index contributed by atoms with van der Waals surface area (Å²) in [6.45, 7) is 3.40. The Labute approximate surface area is 97.6 Å². The molecule has 1 N–H and O–H groups in total. The minimum atomic E-state index is 0.681. The quantitative estimate of drug-likeness (QED) is 0.664. The Morgan fingerprint density at radius 3 is 3.00 bits per heavy atom. The van der Waals surface area contributed by atoms with Gasteiger partial charge in [0.15, 0.2) is 0 Å². The van der Waals surface area contributed by atoms with Crippen LogP contribution < -0.4 is 5.32 Å². The number of hydrogen-bond donors (Lipinski definition) is 1.